The first-order valence-corrected chi connectivity index (χ1v) is 9.59. The van der Waals surface area contributed by atoms with E-state index in [9.17, 15) is 14.7 Å². The molecule has 2 fully saturated rings. The first kappa shape index (κ1) is 20.1. The maximum atomic E-state index is 12.4. The molecule has 2 amide bonds. The molecule has 8 nitrogen and oxygen atoms in total. The van der Waals surface area contributed by atoms with Crippen LogP contribution in [0.5, 0.6) is 11.5 Å². The number of urea groups is 1. The molecule has 0 radical (unpaired) electrons. The van der Waals surface area contributed by atoms with Gasteiger partial charge in [0.25, 0.3) is 0 Å². The number of anilines is 1. The number of likely N-dealkylation sites (tertiary alicyclic amines) is 1. The fourth-order valence-electron chi connectivity index (χ4n) is 3.86. The zero-order chi connectivity index (χ0) is 20.3. The number of carboxylic acid groups (broad SMARTS) is 1. The highest BCUT2D eigenvalue weighted by Gasteiger charge is 2.42. The van der Waals surface area contributed by atoms with E-state index in [1.54, 1.807) is 26.0 Å². The summed E-state index contributed by atoms with van der Waals surface area (Å²) in [5.74, 6) is 1.00. The Labute approximate surface area is 165 Å². The molecule has 0 saturated carbocycles. The van der Waals surface area contributed by atoms with Crippen molar-refractivity contribution < 1.29 is 24.2 Å². The molecule has 1 aromatic rings. The van der Waals surface area contributed by atoms with Gasteiger partial charge in [-0.3, -0.25) is 4.79 Å². The van der Waals surface area contributed by atoms with Crippen LogP contribution >= 0.6 is 0 Å². The van der Waals surface area contributed by atoms with Crippen molar-refractivity contribution in [2.24, 2.45) is 11.3 Å². The van der Waals surface area contributed by atoms with Crippen molar-refractivity contribution >= 4 is 17.7 Å². The quantitative estimate of drug-likeness (QED) is 0.771. The van der Waals surface area contributed by atoms with Crippen LogP contribution in [0.25, 0.3) is 0 Å². The SMILES string of the molecule is COc1cc(OC)cc(N2CCC(CNC(=O)N3CCC(C)(C(=O)O)C3)C2)c1. The number of hydrogen-bond acceptors (Lipinski definition) is 5. The van der Waals surface area contributed by atoms with Gasteiger partial charge < -0.3 is 29.7 Å². The number of hydrogen-bond donors (Lipinski definition) is 2. The molecule has 2 atom stereocenters. The van der Waals surface area contributed by atoms with Crippen molar-refractivity contribution in [1.82, 2.24) is 10.2 Å². The van der Waals surface area contributed by atoms with Crippen LogP contribution in [0.3, 0.4) is 0 Å². The van der Waals surface area contributed by atoms with Gasteiger partial charge >= 0.3 is 12.0 Å². The lowest BCUT2D eigenvalue weighted by molar-refractivity contribution is -0.147. The molecular weight excluding hydrogens is 362 g/mol. The smallest absolute Gasteiger partial charge is 0.317 e. The fraction of sp³-hybridized carbons (Fsp3) is 0.600. The summed E-state index contributed by atoms with van der Waals surface area (Å²) in [7, 11) is 3.27. The van der Waals surface area contributed by atoms with E-state index in [4.69, 9.17) is 9.47 Å². The van der Waals surface area contributed by atoms with Crippen LogP contribution in [0.15, 0.2) is 18.2 Å². The molecule has 2 unspecified atom stereocenters. The molecule has 0 aromatic heterocycles. The normalized spacial score (nSPS) is 24.3. The number of aliphatic carboxylic acids is 1. The van der Waals surface area contributed by atoms with Crippen molar-refractivity contribution in [3.63, 3.8) is 0 Å². The molecule has 28 heavy (non-hydrogen) atoms. The largest absolute Gasteiger partial charge is 0.497 e. The maximum Gasteiger partial charge on any atom is 0.317 e. The monoisotopic (exact) mass is 391 g/mol. The van der Waals surface area contributed by atoms with Crippen molar-refractivity contribution in [1.29, 1.82) is 0 Å². The molecule has 1 aromatic carbocycles. The number of carbonyl (C=O) groups excluding carboxylic acids is 1. The molecule has 0 spiro atoms. The second kappa shape index (κ2) is 8.16. The first-order valence-electron chi connectivity index (χ1n) is 9.59. The summed E-state index contributed by atoms with van der Waals surface area (Å²) >= 11 is 0. The van der Waals surface area contributed by atoms with Gasteiger partial charge in [0.05, 0.1) is 19.6 Å². The van der Waals surface area contributed by atoms with Crippen LogP contribution in [-0.4, -0.2) is 69.0 Å². The zero-order valence-corrected chi connectivity index (χ0v) is 16.7. The molecule has 3 rings (SSSR count). The Morgan fingerprint density at radius 1 is 1.21 bits per heavy atom. The van der Waals surface area contributed by atoms with E-state index in [1.165, 1.54) is 0 Å². The first-order chi connectivity index (χ1) is 13.3. The van der Waals surface area contributed by atoms with Crippen molar-refractivity contribution in [2.45, 2.75) is 19.8 Å². The molecule has 2 aliphatic rings. The molecule has 2 saturated heterocycles. The predicted octanol–water partition coefficient (Wildman–Crippen LogP) is 2.04. The minimum atomic E-state index is -0.844. The maximum absolute atomic E-state index is 12.4. The van der Waals surface area contributed by atoms with Gasteiger partial charge in [-0.25, -0.2) is 4.79 Å². The van der Waals surface area contributed by atoms with Crippen LogP contribution in [0.2, 0.25) is 0 Å². The summed E-state index contributed by atoms with van der Waals surface area (Å²) in [6, 6.07) is 5.64. The number of nitrogens with one attached hydrogen (secondary N) is 1. The van der Waals surface area contributed by atoms with Crippen LogP contribution in [0.4, 0.5) is 10.5 Å². The van der Waals surface area contributed by atoms with Gasteiger partial charge in [-0.15, -0.1) is 0 Å². The van der Waals surface area contributed by atoms with Crippen molar-refractivity contribution in [2.75, 3.05) is 51.8 Å². The van der Waals surface area contributed by atoms with Gasteiger partial charge in [0.2, 0.25) is 0 Å². The van der Waals surface area contributed by atoms with E-state index in [1.807, 2.05) is 18.2 Å². The van der Waals surface area contributed by atoms with E-state index >= 15 is 0 Å². The molecule has 0 bridgehead atoms. The Morgan fingerprint density at radius 3 is 2.46 bits per heavy atom. The minimum absolute atomic E-state index is 0.175. The lowest BCUT2D eigenvalue weighted by atomic mass is 9.90. The molecule has 0 aliphatic carbocycles. The van der Waals surface area contributed by atoms with Crippen LogP contribution < -0.4 is 19.7 Å². The third-order valence-corrected chi connectivity index (χ3v) is 5.81. The van der Waals surface area contributed by atoms with Gasteiger partial charge in [-0.1, -0.05) is 0 Å². The van der Waals surface area contributed by atoms with Gasteiger partial charge in [0.15, 0.2) is 0 Å². The number of ether oxygens (including phenoxy) is 2. The van der Waals surface area contributed by atoms with Gasteiger partial charge in [-0.05, 0) is 25.7 Å². The molecule has 2 heterocycles. The number of amides is 2. The number of carbonyl (C=O) groups is 2. The summed E-state index contributed by atoms with van der Waals surface area (Å²) in [5, 5.41) is 12.3. The average molecular weight is 391 g/mol. The van der Waals surface area contributed by atoms with E-state index in [0.717, 1.165) is 36.7 Å². The van der Waals surface area contributed by atoms with Crippen LogP contribution in [0.1, 0.15) is 19.8 Å². The van der Waals surface area contributed by atoms with Gasteiger partial charge in [0, 0.05) is 56.6 Å². The van der Waals surface area contributed by atoms with E-state index in [2.05, 4.69) is 10.2 Å². The molecular formula is C20H29N3O5. The number of nitrogens with zero attached hydrogens (tertiary/aromatic N) is 2. The Kier molecular flexibility index (Phi) is 5.86. The third kappa shape index (κ3) is 4.26. The van der Waals surface area contributed by atoms with E-state index in [0.29, 0.717) is 25.4 Å². The Hall–Kier alpha value is -2.64. The van der Waals surface area contributed by atoms with Crippen LogP contribution in [0, 0.1) is 11.3 Å². The molecule has 154 valence electrons. The molecule has 2 aliphatic heterocycles. The van der Waals surface area contributed by atoms with Crippen molar-refractivity contribution in [3.8, 4) is 11.5 Å². The summed E-state index contributed by atoms with van der Waals surface area (Å²) in [4.78, 5) is 27.6. The highest BCUT2D eigenvalue weighted by molar-refractivity contribution is 5.79. The minimum Gasteiger partial charge on any atom is -0.497 e. The fourth-order valence-corrected chi connectivity index (χ4v) is 3.86. The zero-order valence-electron chi connectivity index (χ0n) is 16.7. The Morgan fingerprint density at radius 2 is 1.89 bits per heavy atom. The Balaban J connectivity index is 1.52. The number of rotatable bonds is 6. The summed E-state index contributed by atoms with van der Waals surface area (Å²) in [6.07, 6.45) is 1.47. The lowest BCUT2D eigenvalue weighted by Gasteiger charge is -2.22. The van der Waals surface area contributed by atoms with Crippen LogP contribution in [-0.2, 0) is 4.79 Å². The standard InChI is InChI=1S/C20H29N3O5/c1-20(18(24)25)5-7-23(13-20)19(26)21-11-14-4-6-22(12-14)15-8-16(27-2)10-17(9-15)28-3/h8-10,14H,4-7,11-13H2,1-3H3,(H,21,26)(H,24,25). The average Bonchev–Trinajstić information content (AvgIpc) is 3.33. The number of benzene rings is 1. The lowest BCUT2D eigenvalue weighted by Crippen LogP contribution is -2.42. The summed E-state index contributed by atoms with van der Waals surface area (Å²) < 4.78 is 10.7. The predicted molar refractivity (Wildman–Crippen MR) is 105 cm³/mol. The van der Waals surface area contributed by atoms with Crippen molar-refractivity contribution in [3.05, 3.63) is 18.2 Å². The summed E-state index contributed by atoms with van der Waals surface area (Å²) in [6.45, 7) is 4.75. The highest BCUT2D eigenvalue weighted by Crippen LogP contribution is 2.32. The second-order valence-electron chi connectivity index (χ2n) is 7.90. The molecule has 2 N–H and O–H groups in total. The van der Waals surface area contributed by atoms with E-state index < -0.39 is 11.4 Å². The number of methoxy groups -OCH3 is 2. The summed E-state index contributed by atoms with van der Waals surface area (Å²) in [5.41, 5.74) is 0.203. The second-order valence-corrected chi connectivity index (χ2v) is 7.90. The third-order valence-electron chi connectivity index (χ3n) is 5.81. The highest BCUT2D eigenvalue weighted by atomic mass is 16.5. The van der Waals surface area contributed by atoms with Gasteiger partial charge in [0.1, 0.15) is 11.5 Å². The number of carboxylic acids is 1. The van der Waals surface area contributed by atoms with E-state index in [-0.39, 0.29) is 12.6 Å². The molecule has 8 heteroatoms. The Bertz CT molecular complexity index is 718. The topological polar surface area (TPSA) is 91.3 Å². The van der Waals surface area contributed by atoms with Gasteiger partial charge in [-0.2, -0.15) is 0 Å².